The van der Waals surface area contributed by atoms with Crippen LogP contribution in [0.2, 0.25) is 0 Å². The van der Waals surface area contributed by atoms with Crippen LogP contribution < -0.4 is 0 Å². The van der Waals surface area contributed by atoms with Gasteiger partial charge in [0.1, 0.15) is 17.2 Å². The SMILES string of the molecule is O=C(Cc1c[nH]c2ccccc12)N1CCC2(CCCN(C(=O)c3c(F)cccc3F)C2)C1. The topological polar surface area (TPSA) is 56.4 Å². The Morgan fingerprint density at radius 2 is 1.69 bits per heavy atom. The number of likely N-dealkylation sites (tertiary alicyclic amines) is 2. The van der Waals surface area contributed by atoms with Crippen LogP contribution in [0.15, 0.2) is 48.7 Å². The van der Waals surface area contributed by atoms with Crippen molar-refractivity contribution in [1.82, 2.24) is 14.8 Å². The number of carbonyl (C=O) groups excluding carboxylic acids is 2. The third-order valence-corrected chi connectivity index (χ3v) is 6.93. The number of benzene rings is 2. The van der Waals surface area contributed by atoms with E-state index in [0.717, 1.165) is 47.9 Å². The molecule has 0 aliphatic carbocycles. The molecule has 166 valence electrons. The van der Waals surface area contributed by atoms with Gasteiger partial charge in [0.15, 0.2) is 0 Å². The molecular weight excluding hydrogens is 412 g/mol. The van der Waals surface area contributed by atoms with Crippen molar-refractivity contribution < 1.29 is 18.4 Å². The van der Waals surface area contributed by atoms with E-state index >= 15 is 0 Å². The number of hydrogen-bond donors (Lipinski definition) is 1. The van der Waals surface area contributed by atoms with E-state index in [1.807, 2.05) is 35.4 Å². The van der Waals surface area contributed by atoms with Gasteiger partial charge in [0.25, 0.3) is 5.91 Å². The number of H-pyrrole nitrogens is 1. The predicted molar refractivity (Wildman–Crippen MR) is 117 cm³/mol. The fourth-order valence-corrected chi connectivity index (χ4v) is 5.28. The second kappa shape index (κ2) is 8.04. The summed E-state index contributed by atoms with van der Waals surface area (Å²) in [5.74, 6) is -2.22. The Balaban J connectivity index is 1.28. The maximum absolute atomic E-state index is 14.1. The van der Waals surface area contributed by atoms with Crippen LogP contribution in [0.1, 0.15) is 35.2 Å². The molecule has 0 bridgehead atoms. The molecular formula is C25H25F2N3O2. The van der Waals surface area contributed by atoms with E-state index in [-0.39, 0.29) is 11.3 Å². The first-order chi connectivity index (χ1) is 15.5. The maximum atomic E-state index is 14.1. The number of rotatable bonds is 3. The summed E-state index contributed by atoms with van der Waals surface area (Å²) in [6.07, 6.45) is 4.65. The Morgan fingerprint density at radius 3 is 2.50 bits per heavy atom. The normalized spacial score (nSPS) is 20.9. The highest BCUT2D eigenvalue weighted by molar-refractivity contribution is 5.95. The zero-order valence-corrected chi connectivity index (χ0v) is 17.7. The van der Waals surface area contributed by atoms with Crippen LogP contribution in [0.4, 0.5) is 8.78 Å². The number of piperidine rings is 1. The van der Waals surface area contributed by atoms with Gasteiger partial charge in [-0.3, -0.25) is 9.59 Å². The van der Waals surface area contributed by atoms with Crippen molar-refractivity contribution in [2.75, 3.05) is 26.2 Å². The Morgan fingerprint density at radius 1 is 0.938 bits per heavy atom. The molecule has 2 aliphatic heterocycles. The lowest BCUT2D eigenvalue weighted by Crippen LogP contribution is -2.48. The Hall–Kier alpha value is -3.22. The molecule has 1 N–H and O–H groups in total. The molecule has 2 fully saturated rings. The number of nitrogens with one attached hydrogen (secondary N) is 1. The van der Waals surface area contributed by atoms with E-state index in [1.165, 1.54) is 6.07 Å². The first kappa shape index (κ1) is 20.7. The molecule has 2 aromatic carbocycles. The Bertz CT molecular complexity index is 1170. The van der Waals surface area contributed by atoms with Gasteiger partial charge in [-0.15, -0.1) is 0 Å². The molecule has 5 rings (SSSR count). The minimum Gasteiger partial charge on any atom is -0.361 e. The molecule has 3 aromatic rings. The summed E-state index contributed by atoms with van der Waals surface area (Å²) in [6.45, 7) is 2.09. The molecule has 2 amide bonds. The molecule has 0 radical (unpaired) electrons. The van der Waals surface area contributed by atoms with Gasteiger partial charge in [0.05, 0.1) is 6.42 Å². The second-order valence-corrected chi connectivity index (χ2v) is 9.03. The minimum absolute atomic E-state index is 0.0650. The van der Waals surface area contributed by atoms with Crippen molar-refractivity contribution in [1.29, 1.82) is 0 Å². The van der Waals surface area contributed by atoms with Gasteiger partial charge in [-0.25, -0.2) is 8.78 Å². The molecule has 3 heterocycles. The first-order valence-electron chi connectivity index (χ1n) is 11.0. The van der Waals surface area contributed by atoms with Crippen LogP contribution in [0.25, 0.3) is 10.9 Å². The summed E-state index contributed by atoms with van der Waals surface area (Å²) < 4.78 is 28.3. The van der Waals surface area contributed by atoms with E-state index in [2.05, 4.69) is 4.98 Å². The number of carbonyl (C=O) groups is 2. The molecule has 5 nitrogen and oxygen atoms in total. The number of hydrogen-bond acceptors (Lipinski definition) is 2. The van der Waals surface area contributed by atoms with Crippen molar-refractivity contribution in [3.8, 4) is 0 Å². The summed E-state index contributed by atoms with van der Waals surface area (Å²) in [5.41, 5.74) is 1.28. The predicted octanol–water partition coefficient (Wildman–Crippen LogP) is 4.14. The fraction of sp³-hybridized carbons (Fsp3) is 0.360. The number of halogens is 2. The number of para-hydroxylation sites is 1. The van der Waals surface area contributed by atoms with Gasteiger partial charge in [-0.1, -0.05) is 24.3 Å². The Labute approximate surface area is 185 Å². The first-order valence-corrected chi connectivity index (χ1v) is 11.0. The van der Waals surface area contributed by atoms with E-state index in [1.54, 1.807) is 4.90 Å². The molecule has 1 aromatic heterocycles. The molecule has 0 saturated carbocycles. The van der Waals surface area contributed by atoms with Crippen LogP contribution in [0.3, 0.4) is 0 Å². The van der Waals surface area contributed by atoms with Crippen LogP contribution in [0.5, 0.6) is 0 Å². The molecule has 2 aliphatic rings. The minimum atomic E-state index is -0.837. The quantitative estimate of drug-likeness (QED) is 0.670. The van der Waals surface area contributed by atoms with E-state index in [4.69, 9.17) is 0 Å². The number of fused-ring (bicyclic) bond motifs is 1. The number of aromatic nitrogens is 1. The third kappa shape index (κ3) is 3.66. The summed E-state index contributed by atoms with van der Waals surface area (Å²) in [5, 5.41) is 1.05. The van der Waals surface area contributed by atoms with Crippen molar-refractivity contribution in [2.45, 2.75) is 25.7 Å². The van der Waals surface area contributed by atoms with Gasteiger partial charge in [0, 0.05) is 48.7 Å². The zero-order chi connectivity index (χ0) is 22.3. The van der Waals surface area contributed by atoms with Gasteiger partial charge in [-0.2, -0.15) is 0 Å². The van der Waals surface area contributed by atoms with Crippen molar-refractivity contribution in [2.24, 2.45) is 5.41 Å². The number of aromatic amines is 1. The third-order valence-electron chi connectivity index (χ3n) is 6.93. The van der Waals surface area contributed by atoms with Crippen LogP contribution >= 0.6 is 0 Å². The van der Waals surface area contributed by atoms with Gasteiger partial charge >= 0.3 is 0 Å². The van der Waals surface area contributed by atoms with Crippen LogP contribution in [-0.2, 0) is 11.2 Å². The summed E-state index contributed by atoms with van der Waals surface area (Å²) >= 11 is 0. The largest absolute Gasteiger partial charge is 0.361 e. The highest BCUT2D eigenvalue weighted by atomic mass is 19.1. The molecule has 1 spiro atoms. The van der Waals surface area contributed by atoms with E-state index in [0.29, 0.717) is 32.6 Å². The standard InChI is InChI=1S/C25H25F2N3O2/c26-19-6-3-7-20(27)23(19)24(32)30-11-4-9-25(16-30)10-12-29(15-25)22(31)13-17-14-28-21-8-2-1-5-18(17)21/h1-3,5-8,14,28H,4,9-13,15-16H2. The van der Waals surface area contributed by atoms with E-state index in [9.17, 15) is 18.4 Å². The average Bonchev–Trinajstić information content (AvgIpc) is 3.38. The summed E-state index contributed by atoms with van der Waals surface area (Å²) in [7, 11) is 0. The molecule has 32 heavy (non-hydrogen) atoms. The van der Waals surface area contributed by atoms with Crippen molar-refractivity contribution >= 4 is 22.7 Å². The van der Waals surface area contributed by atoms with Gasteiger partial charge in [-0.05, 0) is 43.0 Å². The lowest BCUT2D eigenvalue weighted by Gasteiger charge is -2.40. The monoisotopic (exact) mass is 437 g/mol. The fourth-order valence-electron chi connectivity index (χ4n) is 5.28. The van der Waals surface area contributed by atoms with Crippen molar-refractivity contribution in [3.05, 3.63) is 71.4 Å². The smallest absolute Gasteiger partial charge is 0.259 e. The number of amides is 2. The molecule has 1 atom stereocenters. The second-order valence-electron chi connectivity index (χ2n) is 9.03. The highest BCUT2D eigenvalue weighted by Crippen LogP contribution is 2.40. The highest BCUT2D eigenvalue weighted by Gasteiger charge is 2.44. The lowest BCUT2D eigenvalue weighted by molar-refractivity contribution is -0.129. The zero-order valence-electron chi connectivity index (χ0n) is 17.7. The van der Waals surface area contributed by atoms with Gasteiger partial charge < -0.3 is 14.8 Å². The molecule has 2 saturated heterocycles. The lowest BCUT2D eigenvalue weighted by atomic mass is 9.79. The summed E-state index contributed by atoms with van der Waals surface area (Å²) in [4.78, 5) is 32.6. The van der Waals surface area contributed by atoms with Crippen LogP contribution in [0, 0.1) is 17.0 Å². The molecule has 7 heteroatoms. The van der Waals surface area contributed by atoms with E-state index < -0.39 is 23.1 Å². The summed E-state index contributed by atoms with van der Waals surface area (Å²) in [6, 6.07) is 11.4. The van der Waals surface area contributed by atoms with Crippen LogP contribution in [-0.4, -0.2) is 52.8 Å². The maximum Gasteiger partial charge on any atom is 0.259 e. The van der Waals surface area contributed by atoms with Gasteiger partial charge in [0.2, 0.25) is 5.91 Å². The average molecular weight is 437 g/mol. The number of nitrogens with zero attached hydrogens (tertiary/aromatic N) is 2. The van der Waals surface area contributed by atoms with Crippen molar-refractivity contribution in [3.63, 3.8) is 0 Å². The molecule has 1 unspecified atom stereocenters. The Kier molecular flexibility index (Phi) is 5.19.